The van der Waals surface area contributed by atoms with Crippen LogP contribution in [0.1, 0.15) is 39.3 Å². The van der Waals surface area contributed by atoms with Gasteiger partial charge in [0.25, 0.3) is 0 Å². The molecule has 1 aromatic rings. The van der Waals surface area contributed by atoms with Crippen LogP contribution in [0.3, 0.4) is 0 Å². The molecule has 0 aliphatic rings. The molecule has 0 spiro atoms. The monoisotopic (exact) mass is 262 g/mol. The summed E-state index contributed by atoms with van der Waals surface area (Å²) in [6.45, 7) is 6.10. The first-order valence-electron chi connectivity index (χ1n) is 6.01. The lowest BCUT2D eigenvalue weighted by Gasteiger charge is -2.26. The highest BCUT2D eigenvalue weighted by atomic mass is 16.4. The third-order valence-corrected chi connectivity index (χ3v) is 2.42. The summed E-state index contributed by atoms with van der Waals surface area (Å²) in [6, 6.07) is 1.64. The summed E-state index contributed by atoms with van der Waals surface area (Å²) in [5, 5.41) is 20.9. The molecule has 0 fully saturated rings. The van der Waals surface area contributed by atoms with Crippen molar-refractivity contribution in [2.45, 2.75) is 39.7 Å². The molecular formula is C13H18N4O2. The number of anilines is 1. The Morgan fingerprint density at radius 1 is 1.47 bits per heavy atom. The van der Waals surface area contributed by atoms with E-state index >= 15 is 0 Å². The van der Waals surface area contributed by atoms with Crippen molar-refractivity contribution < 1.29 is 9.90 Å². The van der Waals surface area contributed by atoms with Gasteiger partial charge >= 0.3 is 5.97 Å². The SMILES string of the molecule is CC(C)(C)CC(CC(=O)O)Nc1nccnc1C#N. The highest BCUT2D eigenvalue weighted by molar-refractivity contribution is 5.68. The fraction of sp³-hybridized carbons (Fsp3) is 0.538. The highest BCUT2D eigenvalue weighted by Crippen LogP contribution is 2.24. The van der Waals surface area contributed by atoms with E-state index in [2.05, 4.69) is 15.3 Å². The topological polar surface area (TPSA) is 98.9 Å². The van der Waals surface area contributed by atoms with Gasteiger partial charge in [-0.2, -0.15) is 5.26 Å². The van der Waals surface area contributed by atoms with Gasteiger partial charge in [-0.3, -0.25) is 4.79 Å². The van der Waals surface area contributed by atoms with Crippen LogP contribution in [0.15, 0.2) is 12.4 Å². The Labute approximate surface area is 112 Å². The van der Waals surface area contributed by atoms with Crippen molar-refractivity contribution in [2.24, 2.45) is 5.41 Å². The minimum Gasteiger partial charge on any atom is -0.481 e. The Morgan fingerprint density at radius 3 is 2.63 bits per heavy atom. The predicted molar refractivity (Wildman–Crippen MR) is 70.5 cm³/mol. The predicted octanol–water partition coefficient (Wildman–Crippen LogP) is 2.04. The van der Waals surface area contributed by atoms with Gasteiger partial charge in [0.05, 0.1) is 6.42 Å². The molecule has 0 radical (unpaired) electrons. The summed E-state index contributed by atoms with van der Waals surface area (Å²) < 4.78 is 0. The number of carboxylic acids is 1. The Hall–Kier alpha value is -2.16. The van der Waals surface area contributed by atoms with Crippen LogP contribution in [0, 0.1) is 16.7 Å². The zero-order chi connectivity index (χ0) is 14.5. The summed E-state index contributed by atoms with van der Waals surface area (Å²) in [6.07, 6.45) is 3.53. The van der Waals surface area contributed by atoms with Gasteiger partial charge in [0.2, 0.25) is 0 Å². The molecule has 102 valence electrons. The van der Waals surface area contributed by atoms with Gasteiger partial charge in [-0.15, -0.1) is 0 Å². The molecule has 1 atom stereocenters. The second kappa shape index (κ2) is 6.14. The lowest BCUT2D eigenvalue weighted by Crippen LogP contribution is -2.29. The maximum Gasteiger partial charge on any atom is 0.305 e. The molecule has 0 aromatic carbocycles. The maximum absolute atomic E-state index is 10.9. The number of aromatic nitrogens is 2. The zero-order valence-electron chi connectivity index (χ0n) is 11.3. The van der Waals surface area contributed by atoms with Gasteiger partial charge in [-0.1, -0.05) is 20.8 Å². The standard InChI is InChI=1S/C13H18N4O2/c1-13(2,3)7-9(6-11(18)19)17-12-10(8-14)15-4-5-16-12/h4-5,9H,6-7H2,1-3H3,(H,16,17)(H,18,19). The van der Waals surface area contributed by atoms with Crippen molar-refractivity contribution in [3.05, 3.63) is 18.1 Å². The van der Waals surface area contributed by atoms with E-state index in [0.717, 1.165) is 0 Å². The largest absolute Gasteiger partial charge is 0.481 e. The number of nitrogens with one attached hydrogen (secondary N) is 1. The van der Waals surface area contributed by atoms with Crippen LogP contribution >= 0.6 is 0 Å². The van der Waals surface area contributed by atoms with Crippen molar-refractivity contribution in [3.63, 3.8) is 0 Å². The minimum atomic E-state index is -0.885. The molecule has 0 bridgehead atoms. The number of hydrogen-bond acceptors (Lipinski definition) is 5. The third-order valence-electron chi connectivity index (χ3n) is 2.42. The molecule has 2 N–H and O–H groups in total. The molecule has 0 amide bonds. The summed E-state index contributed by atoms with van der Waals surface area (Å²) >= 11 is 0. The first kappa shape index (κ1) is 14.9. The normalized spacial score (nSPS) is 12.5. The van der Waals surface area contributed by atoms with Crippen LogP contribution in [0.25, 0.3) is 0 Å². The summed E-state index contributed by atoms with van der Waals surface area (Å²) in [5.74, 6) is -0.551. The zero-order valence-corrected chi connectivity index (χ0v) is 11.3. The molecule has 1 aromatic heterocycles. The number of hydrogen-bond donors (Lipinski definition) is 2. The number of nitriles is 1. The van der Waals surface area contributed by atoms with Crippen LogP contribution in [-0.4, -0.2) is 27.1 Å². The van der Waals surface area contributed by atoms with E-state index in [9.17, 15) is 4.79 Å². The fourth-order valence-electron chi connectivity index (χ4n) is 1.84. The van der Waals surface area contributed by atoms with E-state index in [0.29, 0.717) is 12.2 Å². The number of carbonyl (C=O) groups is 1. The average Bonchev–Trinajstić information content (AvgIpc) is 2.26. The van der Waals surface area contributed by atoms with Gasteiger partial charge in [-0.25, -0.2) is 9.97 Å². The van der Waals surface area contributed by atoms with E-state index in [1.54, 1.807) is 0 Å². The van der Waals surface area contributed by atoms with E-state index in [-0.39, 0.29) is 23.6 Å². The molecule has 0 saturated heterocycles. The highest BCUT2D eigenvalue weighted by Gasteiger charge is 2.22. The third kappa shape index (κ3) is 5.34. The molecule has 19 heavy (non-hydrogen) atoms. The quantitative estimate of drug-likeness (QED) is 0.842. The molecule has 0 aliphatic heterocycles. The number of aliphatic carboxylic acids is 1. The van der Waals surface area contributed by atoms with E-state index in [1.165, 1.54) is 12.4 Å². The molecule has 1 unspecified atom stereocenters. The summed E-state index contributed by atoms with van der Waals surface area (Å²) in [5.41, 5.74) is 0.147. The lowest BCUT2D eigenvalue weighted by atomic mass is 9.87. The van der Waals surface area contributed by atoms with Gasteiger partial charge in [-0.05, 0) is 11.8 Å². The fourth-order valence-corrected chi connectivity index (χ4v) is 1.84. The van der Waals surface area contributed by atoms with Crippen LogP contribution in [-0.2, 0) is 4.79 Å². The smallest absolute Gasteiger partial charge is 0.305 e. The maximum atomic E-state index is 10.9. The van der Waals surface area contributed by atoms with E-state index < -0.39 is 5.97 Å². The Kier molecular flexibility index (Phi) is 4.81. The molecule has 6 heteroatoms. The van der Waals surface area contributed by atoms with E-state index in [4.69, 9.17) is 10.4 Å². The lowest BCUT2D eigenvalue weighted by molar-refractivity contribution is -0.137. The van der Waals surface area contributed by atoms with Crippen molar-refractivity contribution in [1.29, 1.82) is 5.26 Å². The molecule has 1 heterocycles. The average molecular weight is 262 g/mol. The van der Waals surface area contributed by atoms with Crippen LogP contribution < -0.4 is 5.32 Å². The molecule has 6 nitrogen and oxygen atoms in total. The van der Waals surface area contributed by atoms with Crippen LogP contribution in [0.4, 0.5) is 5.82 Å². The second-order valence-electron chi connectivity index (χ2n) is 5.57. The molecule has 1 rings (SSSR count). The van der Waals surface area contributed by atoms with Gasteiger partial charge < -0.3 is 10.4 Å². The van der Waals surface area contributed by atoms with Gasteiger partial charge in [0, 0.05) is 18.4 Å². The molecular weight excluding hydrogens is 244 g/mol. The van der Waals surface area contributed by atoms with E-state index in [1.807, 2.05) is 26.8 Å². The Morgan fingerprint density at radius 2 is 2.11 bits per heavy atom. The number of rotatable bonds is 5. The second-order valence-corrected chi connectivity index (χ2v) is 5.57. The van der Waals surface area contributed by atoms with Crippen molar-refractivity contribution in [2.75, 3.05) is 5.32 Å². The molecule has 0 saturated carbocycles. The minimum absolute atomic E-state index is 0.0257. The number of nitrogens with zero attached hydrogens (tertiary/aromatic N) is 3. The first-order chi connectivity index (χ1) is 8.81. The van der Waals surface area contributed by atoms with Crippen molar-refractivity contribution in [3.8, 4) is 6.07 Å². The Balaban J connectivity index is 2.88. The van der Waals surface area contributed by atoms with Gasteiger partial charge in [0.15, 0.2) is 11.5 Å². The molecule has 0 aliphatic carbocycles. The van der Waals surface area contributed by atoms with Gasteiger partial charge in [0.1, 0.15) is 6.07 Å². The number of carboxylic acid groups (broad SMARTS) is 1. The van der Waals surface area contributed by atoms with Crippen LogP contribution in [0.2, 0.25) is 0 Å². The summed E-state index contributed by atoms with van der Waals surface area (Å²) in [7, 11) is 0. The van der Waals surface area contributed by atoms with Crippen molar-refractivity contribution in [1.82, 2.24) is 9.97 Å². The Bertz CT molecular complexity index is 488. The van der Waals surface area contributed by atoms with Crippen LogP contribution in [0.5, 0.6) is 0 Å². The summed E-state index contributed by atoms with van der Waals surface area (Å²) in [4.78, 5) is 18.8. The van der Waals surface area contributed by atoms with Crippen molar-refractivity contribution >= 4 is 11.8 Å². The first-order valence-corrected chi connectivity index (χ1v) is 6.01.